The first-order valence-electron chi connectivity index (χ1n) is 7.17. The average Bonchev–Trinajstić information content (AvgIpc) is 2.58. The van der Waals surface area contributed by atoms with Crippen molar-refractivity contribution in [2.45, 2.75) is 0 Å². The molecule has 5 heteroatoms. The van der Waals surface area contributed by atoms with Crippen LogP contribution in [0.4, 0.5) is 0 Å². The summed E-state index contributed by atoms with van der Waals surface area (Å²) in [6.45, 7) is 0. The molecule has 0 aromatic heterocycles. The van der Waals surface area contributed by atoms with Crippen LogP contribution < -0.4 is 4.74 Å². The van der Waals surface area contributed by atoms with Crippen LogP contribution in [0, 0.1) is 0 Å². The molecule has 3 aromatic carbocycles. The second-order valence-corrected chi connectivity index (χ2v) is 5.13. The summed E-state index contributed by atoms with van der Waals surface area (Å²) >= 11 is 0. The number of esters is 1. The fourth-order valence-electron chi connectivity index (χ4n) is 2.24. The lowest BCUT2D eigenvalue weighted by atomic mass is 10.0. The SMILES string of the molecule is O=C(Oc1ccc(-c2ccccc2O)cc1)c1ccc(O)c(O)c1. The summed E-state index contributed by atoms with van der Waals surface area (Å²) in [5.74, 6) is -0.855. The third-order valence-corrected chi connectivity index (χ3v) is 3.49. The monoisotopic (exact) mass is 322 g/mol. The molecule has 0 atom stereocenters. The van der Waals surface area contributed by atoms with Crippen LogP contribution >= 0.6 is 0 Å². The van der Waals surface area contributed by atoms with E-state index in [0.717, 1.165) is 11.6 Å². The Bertz CT molecular complexity index is 885. The van der Waals surface area contributed by atoms with Crippen LogP contribution in [0.1, 0.15) is 10.4 Å². The maximum atomic E-state index is 12.0. The van der Waals surface area contributed by atoms with Crippen LogP contribution in [0.5, 0.6) is 23.0 Å². The first kappa shape index (κ1) is 15.4. The standard InChI is InChI=1S/C19H14O5/c20-16-4-2-1-3-15(16)12-5-8-14(9-6-12)24-19(23)13-7-10-17(21)18(22)11-13/h1-11,20-22H. The van der Waals surface area contributed by atoms with E-state index in [1.165, 1.54) is 12.1 Å². The van der Waals surface area contributed by atoms with Crippen molar-refractivity contribution >= 4 is 5.97 Å². The van der Waals surface area contributed by atoms with E-state index >= 15 is 0 Å². The zero-order valence-electron chi connectivity index (χ0n) is 12.5. The first-order chi connectivity index (χ1) is 11.5. The highest BCUT2D eigenvalue weighted by Gasteiger charge is 2.12. The highest BCUT2D eigenvalue weighted by Crippen LogP contribution is 2.30. The molecule has 0 radical (unpaired) electrons. The zero-order chi connectivity index (χ0) is 17.1. The van der Waals surface area contributed by atoms with Crippen molar-refractivity contribution in [1.29, 1.82) is 0 Å². The highest BCUT2D eigenvalue weighted by atomic mass is 16.5. The number of phenolic OH excluding ortho intramolecular Hbond substituents is 3. The Kier molecular flexibility index (Phi) is 4.07. The van der Waals surface area contributed by atoms with Gasteiger partial charge < -0.3 is 20.1 Å². The van der Waals surface area contributed by atoms with Gasteiger partial charge in [-0.2, -0.15) is 0 Å². The molecule has 0 aliphatic heterocycles. The Morgan fingerprint density at radius 2 is 1.46 bits per heavy atom. The van der Waals surface area contributed by atoms with Crippen molar-refractivity contribution in [2.75, 3.05) is 0 Å². The van der Waals surface area contributed by atoms with Gasteiger partial charge in [-0.25, -0.2) is 4.79 Å². The lowest BCUT2D eigenvalue weighted by molar-refractivity contribution is 0.0734. The minimum absolute atomic E-state index is 0.120. The molecule has 24 heavy (non-hydrogen) atoms. The van der Waals surface area contributed by atoms with Gasteiger partial charge >= 0.3 is 5.97 Å². The first-order valence-corrected chi connectivity index (χ1v) is 7.17. The van der Waals surface area contributed by atoms with Gasteiger partial charge in [0, 0.05) is 5.56 Å². The number of ether oxygens (including phenoxy) is 1. The maximum Gasteiger partial charge on any atom is 0.343 e. The molecule has 5 nitrogen and oxygen atoms in total. The average molecular weight is 322 g/mol. The van der Waals surface area contributed by atoms with Gasteiger partial charge in [-0.05, 0) is 42.0 Å². The van der Waals surface area contributed by atoms with Crippen LogP contribution in [0.2, 0.25) is 0 Å². The predicted molar refractivity (Wildman–Crippen MR) is 88.3 cm³/mol. The third-order valence-electron chi connectivity index (χ3n) is 3.49. The Morgan fingerprint density at radius 3 is 2.12 bits per heavy atom. The summed E-state index contributed by atoms with van der Waals surface area (Å²) in [5.41, 5.74) is 1.59. The van der Waals surface area contributed by atoms with Crippen molar-refractivity contribution in [3.05, 3.63) is 72.3 Å². The van der Waals surface area contributed by atoms with Crippen molar-refractivity contribution in [1.82, 2.24) is 0 Å². The fourth-order valence-corrected chi connectivity index (χ4v) is 2.24. The summed E-state index contributed by atoms with van der Waals surface area (Å²) in [5, 5.41) is 28.5. The molecule has 3 aromatic rings. The van der Waals surface area contributed by atoms with Crippen LogP contribution in [0.3, 0.4) is 0 Å². The third kappa shape index (κ3) is 3.15. The minimum atomic E-state index is -0.652. The van der Waals surface area contributed by atoms with Crippen LogP contribution in [0.25, 0.3) is 11.1 Å². The lowest BCUT2D eigenvalue weighted by Crippen LogP contribution is -2.08. The minimum Gasteiger partial charge on any atom is -0.507 e. The van der Waals surface area contributed by atoms with Gasteiger partial charge in [0.15, 0.2) is 11.5 Å². The van der Waals surface area contributed by atoms with E-state index in [2.05, 4.69) is 0 Å². The predicted octanol–water partition coefficient (Wildman–Crippen LogP) is 3.69. The summed E-state index contributed by atoms with van der Waals surface area (Å²) in [6, 6.07) is 17.3. The molecule has 0 aliphatic carbocycles. The summed E-state index contributed by atoms with van der Waals surface area (Å²) < 4.78 is 5.22. The van der Waals surface area contributed by atoms with Gasteiger partial charge in [0.1, 0.15) is 11.5 Å². The number of carbonyl (C=O) groups is 1. The second kappa shape index (κ2) is 6.34. The quantitative estimate of drug-likeness (QED) is 0.389. The Morgan fingerprint density at radius 1 is 0.750 bits per heavy atom. The number of hydrogen-bond donors (Lipinski definition) is 3. The zero-order valence-corrected chi connectivity index (χ0v) is 12.5. The van der Waals surface area contributed by atoms with E-state index in [1.54, 1.807) is 42.5 Å². The summed E-state index contributed by atoms with van der Waals surface area (Å²) in [4.78, 5) is 12.0. The molecule has 0 saturated heterocycles. The maximum absolute atomic E-state index is 12.0. The molecule has 3 N–H and O–H groups in total. The van der Waals surface area contributed by atoms with E-state index in [-0.39, 0.29) is 22.8 Å². The molecule has 0 amide bonds. The molecule has 0 unspecified atom stereocenters. The molecule has 0 bridgehead atoms. The normalized spacial score (nSPS) is 10.3. The van der Waals surface area contributed by atoms with Crippen molar-refractivity contribution in [3.63, 3.8) is 0 Å². The molecule has 120 valence electrons. The molecule has 3 rings (SSSR count). The van der Waals surface area contributed by atoms with E-state index in [4.69, 9.17) is 4.74 Å². The molecule has 0 saturated carbocycles. The number of benzene rings is 3. The van der Waals surface area contributed by atoms with Gasteiger partial charge in [0.05, 0.1) is 5.56 Å². The molecule has 0 heterocycles. The summed E-state index contributed by atoms with van der Waals surface area (Å²) in [6.07, 6.45) is 0. The molecule has 0 spiro atoms. The molecular weight excluding hydrogens is 308 g/mol. The van der Waals surface area contributed by atoms with Gasteiger partial charge in [-0.1, -0.05) is 30.3 Å². The fraction of sp³-hybridized carbons (Fsp3) is 0. The smallest absolute Gasteiger partial charge is 0.343 e. The van der Waals surface area contributed by atoms with Crippen molar-refractivity contribution < 1.29 is 24.9 Å². The van der Waals surface area contributed by atoms with Crippen LogP contribution in [-0.2, 0) is 0 Å². The largest absolute Gasteiger partial charge is 0.507 e. The van der Waals surface area contributed by atoms with Crippen molar-refractivity contribution in [2.24, 2.45) is 0 Å². The number of rotatable bonds is 3. The van der Waals surface area contributed by atoms with Gasteiger partial charge in [-0.15, -0.1) is 0 Å². The van der Waals surface area contributed by atoms with Crippen molar-refractivity contribution in [3.8, 4) is 34.1 Å². The molecule has 0 aliphatic rings. The Labute approximate surface area is 138 Å². The van der Waals surface area contributed by atoms with Gasteiger partial charge in [-0.3, -0.25) is 0 Å². The Balaban J connectivity index is 1.78. The van der Waals surface area contributed by atoms with E-state index in [1.807, 2.05) is 6.07 Å². The van der Waals surface area contributed by atoms with Gasteiger partial charge in [0.2, 0.25) is 0 Å². The number of para-hydroxylation sites is 1. The van der Waals surface area contributed by atoms with E-state index in [0.29, 0.717) is 11.3 Å². The lowest BCUT2D eigenvalue weighted by Gasteiger charge is -2.08. The highest BCUT2D eigenvalue weighted by molar-refractivity contribution is 5.91. The number of phenols is 3. The van der Waals surface area contributed by atoms with Gasteiger partial charge in [0.25, 0.3) is 0 Å². The molecular formula is C19H14O5. The number of aromatic hydroxyl groups is 3. The topological polar surface area (TPSA) is 87.0 Å². The Hall–Kier alpha value is -3.47. The van der Waals surface area contributed by atoms with Crippen LogP contribution in [0.15, 0.2) is 66.7 Å². The molecule has 0 fully saturated rings. The number of hydrogen-bond acceptors (Lipinski definition) is 5. The van der Waals surface area contributed by atoms with Crippen LogP contribution in [-0.4, -0.2) is 21.3 Å². The number of carbonyl (C=O) groups excluding carboxylic acids is 1. The van der Waals surface area contributed by atoms with E-state index in [9.17, 15) is 20.1 Å². The van der Waals surface area contributed by atoms with E-state index < -0.39 is 5.97 Å². The summed E-state index contributed by atoms with van der Waals surface area (Å²) in [7, 11) is 0. The second-order valence-electron chi connectivity index (χ2n) is 5.13.